The van der Waals surface area contributed by atoms with Gasteiger partial charge in [-0.1, -0.05) is 30.9 Å². The summed E-state index contributed by atoms with van der Waals surface area (Å²) in [5.41, 5.74) is 1.11. The second-order valence-electron chi connectivity index (χ2n) is 5.89. The normalized spacial score (nSPS) is 21.0. The Labute approximate surface area is 143 Å². The van der Waals surface area contributed by atoms with Crippen LogP contribution in [0.4, 0.5) is 0 Å². The first kappa shape index (κ1) is 17.7. The highest BCUT2D eigenvalue weighted by Crippen LogP contribution is 2.36. The number of para-hydroxylation sites is 1. The summed E-state index contributed by atoms with van der Waals surface area (Å²) in [7, 11) is 1.81. The molecule has 2 rings (SSSR count). The fourth-order valence-electron chi connectivity index (χ4n) is 2.59. The number of guanidine groups is 1. The monoisotopic (exact) mass is 333 g/mol. The third-order valence-electron chi connectivity index (χ3n) is 3.93. The molecule has 0 aliphatic carbocycles. The van der Waals surface area contributed by atoms with Gasteiger partial charge in [0, 0.05) is 30.4 Å². The van der Waals surface area contributed by atoms with Crippen LogP contribution in [0.3, 0.4) is 0 Å². The van der Waals surface area contributed by atoms with Gasteiger partial charge in [-0.15, -0.1) is 0 Å². The van der Waals surface area contributed by atoms with Crippen LogP contribution in [0.15, 0.2) is 41.9 Å². The van der Waals surface area contributed by atoms with Gasteiger partial charge in [0.2, 0.25) is 0 Å². The summed E-state index contributed by atoms with van der Waals surface area (Å²) in [4.78, 5) is 4.32. The Morgan fingerprint density at radius 1 is 1.43 bits per heavy atom. The number of benzene rings is 1. The fraction of sp³-hybridized carbons (Fsp3) is 0.500. The predicted octanol–water partition coefficient (Wildman–Crippen LogP) is 3.20. The third-order valence-corrected chi connectivity index (χ3v) is 5.47. The zero-order valence-corrected chi connectivity index (χ0v) is 14.9. The van der Waals surface area contributed by atoms with E-state index in [1.54, 1.807) is 13.1 Å². The summed E-state index contributed by atoms with van der Waals surface area (Å²) in [5, 5.41) is 6.81. The van der Waals surface area contributed by atoms with Crippen molar-refractivity contribution in [2.75, 3.05) is 26.0 Å². The van der Waals surface area contributed by atoms with Crippen LogP contribution in [0.25, 0.3) is 0 Å². The van der Waals surface area contributed by atoms with Crippen LogP contribution < -0.4 is 15.4 Å². The molecule has 1 heterocycles. The van der Waals surface area contributed by atoms with Crippen molar-refractivity contribution in [1.82, 2.24) is 10.6 Å². The number of aliphatic imine (C=N–C) groups is 1. The molecule has 0 bridgehead atoms. The maximum atomic E-state index is 5.69. The molecule has 5 heteroatoms. The van der Waals surface area contributed by atoms with Crippen molar-refractivity contribution >= 4 is 17.7 Å². The summed E-state index contributed by atoms with van der Waals surface area (Å²) in [6.07, 6.45) is 4.33. The topological polar surface area (TPSA) is 45.6 Å². The van der Waals surface area contributed by atoms with Crippen LogP contribution in [0.5, 0.6) is 5.75 Å². The third kappa shape index (κ3) is 5.50. The number of hydrogen-bond donors (Lipinski definition) is 2. The number of rotatable bonds is 7. The summed E-state index contributed by atoms with van der Waals surface area (Å²) < 4.78 is 6.01. The molecular weight excluding hydrogens is 306 g/mol. The van der Waals surface area contributed by atoms with Gasteiger partial charge in [-0.3, -0.25) is 4.99 Å². The number of thioether (sulfide) groups is 1. The van der Waals surface area contributed by atoms with Crippen LogP contribution in [0, 0.1) is 0 Å². The van der Waals surface area contributed by atoms with Crippen molar-refractivity contribution in [2.45, 2.75) is 31.1 Å². The van der Waals surface area contributed by atoms with Crippen molar-refractivity contribution in [3.8, 4) is 5.75 Å². The maximum absolute atomic E-state index is 5.69. The highest BCUT2D eigenvalue weighted by atomic mass is 32.2. The van der Waals surface area contributed by atoms with Crippen LogP contribution in [0.1, 0.15) is 25.3 Å². The molecule has 0 spiro atoms. The quantitative estimate of drug-likeness (QED) is 0.457. The van der Waals surface area contributed by atoms with E-state index in [2.05, 4.69) is 35.2 Å². The highest BCUT2D eigenvalue weighted by Gasteiger charge is 2.29. The minimum absolute atomic E-state index is 0.322. The van der Waals surface area contributed by atoms with Crippen molar-refractivity contribution < 1.29 is 4.74 Å². The van der Waals surface area contributed by atoms with E-state index in [0.29, 0.717) is 17.9 Å². The van der Waals surface area contributed by atoms with Gasteiger partial charge in [0.25, 0.3) is 0 Å². The van der Waals surface area contributed by atoms with E-state index in [-0.39, 0.29) is 0 Å². The molecule has 23 heavy (non-hydrogen) atoms. The zero-order chi connectivity index (χ0) is 16.5. The molecular formula is C18H27N3OS. The molecule has 1 atom stereocenters. The minimum Gasteiger partial charge on any atom is -0.489 e. The minimum atomic E-state index is 0.322. The average Bonchev–Trinajstić information content (AvgIpc) is 3.01. The van der Waals surface area contributed by atoms with Gasteiger partial charge in [-0.2, -0.15) is 11.8 Å². The van der Waals surface area contributed by atoms with Gasteiger partial charge in [0.15, 0.2) is 5.96 Å². The van der Waals surface area contributed by atoms with Crippen molar-refractivity contribution in [3.63, 3.8) is 0 Å². The molecule has 1 aromatic carbocycles. The smallest absolute Gasteiger partial charge is 0.191 e. The second kappa shape index (κ2) is 8.87. The van der Waals surface area contributed by atoms with Gasteiger partial charge in [-0.25, -0.2) is 0 Å². The van der Waals surface area contributed by atoms with Crippen LogP contribution in [0.2, 0.25) is 0 Å². The maximum Gasteiger partial charge on any atom is 0.191 e. The second-order valence-corrected chi connectivity index (χ2v) is 7.57. The Hall–Kier alpha value is -1.62. The first-order valence-corrected chi connectivity index (χ1v) is 9.05. The molecule has 0 aromatic heterocycles. The Morgan fingerprint density at radius 2 is 2.26 bits per heavy atom. The Kier molecular flexibility index (Phi) is 6.84. The lowest BCUT2D eigenvalue weighted by molar-refractivity contribution is 0.358. The van der Waals surface area contributed by atoms with Gasteiger partial charge in [0.05, 0.1) is 0 Å². The molecule has 4 nitrogen and oxygen atoms in total. The van der Waals surface area contributed by atoms with Crippen LogP contribution in [-0.4, -0.2) is 36.7 Å². The summed E-state index contributed by atoms with van der Waals surface area (Å²) in [6.45, 7) is 8.14. The molecule has 0 radical (unpaired) electrons. The van der Waals surface area contributed by atoms with Gasteiger partial charge in [-0.05, 0) is 31.6 Å². The molecule has 126 valence electrons. The number of hydrogen-bond acceptors (Lipinski definition) is 3. The molecule has 1 aromatic rings. The molecule has 2 N–H and O–H groups in total. The first-order valence-electron chi connectivity index (χ1n) is 8.07. The van der Waals surface area contributed by atoms with Gasteiger partial charge in [0.1, 0.15) is 12.4 Å². The molecule has 1 unspecified atom stereocenters. The molecule has 1 aliphatic rings. The molecule has 1 aliphatic heterocycles. The lowest BCUT2D eigenvalue weighted by Gasteiger charge is -2.24. The van der Waals surface area contributed by atoms with E-state index in [4.69, 9.17) is 4.74 Å². The van der Waals surface area contributed by atoms with E-state index < -0.39 is 0 Å². The Bertz CT molecular complexity index is 539. The lowest BCUT2D eigenvalue weighted by Crippen LogP contribution is -2.43. The first-order chi connectivity index (χ1) is 11.2. The average molecular weight is 334 g/mol. The molecule has 0 saturated carbocycles. The summed E-state index contributed by atoms with van der Waals surface area (Å²) in [5.74, 6) is 2.98. The Balaban J connectivity index is 1.87. The van der Waals surface area contributed by atoms with E-state index in [9.17, 15) is 0 Å². The van der Waals surface area contributed by atoms with Crippen molar-refractivity contribution in [2.24, 2.45) is 4.99 Å². The lowest BCUT2D eigenvalue weighted by atomic mass is 10.1. The standard InChI is InChI=1S/C18H27N3OS/c1-4-11-22-16-9-6-5-8-15(16)13-20-17(19-3)21-14-18(2)10-7-12-23-18/h4-6,8-9H,1,7,10-14H2,2-3H3,(H2,19,20,21). The van der Waals surface area contributed by atoms with Gasteiger partial charge < -0.3 is 15.4 Å². The van der Waals surface area contributed by atoms with Crippen molar-refractivity contribution in [3.05, 3.63) is 42.5 Å². The molecule has 0 amide bonds. The van der Waals surface area contributed by atoms with Crippen molar-refractivity contribution in [1.29, 1.82) is 0 Å². The van der Waals surface area contributed by atoms with E-state index in [1.165, 1.54) is 18.6 Å². The summed E-state index contributed by atoms with van der Waals surface area (Å²) in [6, 6.07) is 8.04. The number of nitrogens with zero attached hydrogens (tertiary/aromatic N) is 1. The zero-order valence-electron chi connectivity index (χ0n) is 14.1. The fourth-order valence-corrected chi connectivity index (χ4v) is 3.83. The molecule has 1 fully saturated rings. The van der Waals surface area contributed by atoms with Crippen LogP contribution >= 0.6 is 11.8 Å². The van der Waals surface area contributed by atoms with E-state index in [1.807, 2.05) is 30.0 Å². The SMILES string of the molecule is C=CCOc1ccccc1CNC(=NC)NCC1(C)CCCS1. The number of ether oxygens (including phenoxy) is 1. The van der Waals surface area contributed by atoms with E-state index >= 15 is 0 Å². The largest absolute Gasteiger partial charge is 0.489 e. The number of nitrogens with one attached hydrogen (secondary N) is 2. The highest BCUT2D eigenvalue weighted by molar-refractivity contribution is 8.00. The predicted molar refractivity (Wildman–Crippen MR) is 100 cm³/mol. The summed E-state index contributed by atoms with van der Waals surface area (Å²) >= 11 is 2.05. The van der Waals surface area contributed by atoms with Crippen LogP contribution in [-0.2, 0) is 6.54 Å². The Morgan fingerprint density at radius 3 is 2.96 bits per heavy atom. The van der Waals surface area contributed by atoms with Gasteiger partial charge >= 0.3 is 0 Å². The van der Waals surface area contributed by atoms with E-state index in [0.717, 1.165) is 23.8 Å². The molecule has 1 saturated heterocycles.